The Labute approximate surface area is 128 Å². The van der Waals surface area contributed by atoms with Gasteiger partial charge in [0.2, 0.25) is 0 Å². The van der Waals surface area contributed by atoms with Crippen LogP contribution in [0, 0.1) is 0 Å². The quantitative estimate of drug-likeness (QED) is 0.852. The molecular formula is C12H12Br2ClN3. The summed E-state index contributed by atoms with van der Waals surface area (Å²) in [5, 5.41) is 4.80. The predicted molar refractivity (Wildman–Crippen MR) is 80.8 cm³/mol. The third-order valence-electron chi connectivity index (χ3n) is 2.67. The first kappa shape index (κ1) is 14.1. The van der Waals surface area contributed by atoms with Gasteiger partial charge in [0.1, 0.15) is 0 Å². The fourth-order valence-corrected chi connectivity index (χ4v) is 3.43. The third-order valence-corrected chi connectivity index (χ3v) is 3.88. The second kappa shape index (κ2) is 5.74. The minimum absolute atomic E-state index is 0.297. The van der Waals surface area contributed by atoms with Crippen LogP contribution in [0.2, 0.25) is 5.02 Å². The number of hydrogen-bond acceptors (Lipinski definition) is 2. The standard InChI is InChI=1S/C12H12Br2ClN3/c1-2-18-12(10(15)6-17-18)11(16)7-3-8(13)5-9(14)4-7/h3-6,11H,2,16H2,1H3. The smallest absolute Gasteiger partial charge is 0.0837 e. The minimum Gasteiger partial charge on any atom is -0.319 e. The summed E-state index contributed by atoms with van der Waals surface area (Å²) in [5.41, 5.74) is 8.11. The molecule has 1 unspecified atom stereocenters. The van der Waals surface area contributed by atoms with E-state index >= 15 is 0 Å². The Morgan fingerprint density at radius 2 is 1.94 bits per heavy atom. The Kier molecular flexibility index (Phi) is 4.48. The summed E-state index contributed by atoms with van der Waals surface area (Å²) in [5.74, 6) is 0. The lowest BCUT2D eigenvalue weighted by Crippen LogP contribution is -2.17. The lowest BCUT2D eigenvalue weighted by molar-refractivity contribution is 0.601. The van der Waals surface area contributed by atoms with Crippen LogP contribution in [0.3, 0.4) is 0 Å². The molecule has 1 aromatic carbocycles. The Balaban J connectivity index is 2.47. The van der Waals surface area contributed by atoms with Crippen molar-refractivity contribution in [1.82, 2.24) is 9.78 Å². The predicted octanol–water partition coefficient (Wildman–Crippen LogP) is 4.13. The molecule has 1 atom stereocenters. The van der Waals surface area contributed by atoms with Crippen LogP contribution >= 0.6 is 43.5 Å². The maximum absolute atomic E-state index is 6.29. The highest BCUT2D eigenvalue weighted by molar-refractivity contribution is 9.11. The molecule has 0 saturated heterocycles. The molecule has 0 amide bonds. The molecule has 2 aromatic rings. The maximum Gasteiger partial charge on any atom is 0.0837 e. The van der Waals surface area contributed by atoms with Gasteiger partial charge in [0.15, 0.2) is 0 Å². The molecular weight excluding hydrogens is 381 g/mol. The SMILES string of the molecule is CCn1ncc(Cl)c1C(N)c1cc(Br)cc(Br)c1. The van der Waals surface area contributed by atoms with E-state index in [2.05, 4.69) is 37.0 Å². The van der Waals surface area contributed by atoms with E-state index in [4.69, 9.17) is 17.3 Å². The molecule has 0 saturated carbocycles. The lowest BCUT2D eigenvalue weighted by Gasteiger charge is -2.15. The van der Waals surface area contributed by atoms with Crippen molar-refractivity contribution in [1.29, 1.82) is 0 Å². The monoisotopic (exact) mass is 391 g/mol. The molecule has 0 radical (unpaired) electrons. The van der Waals surface area contributed by atoms with E-state index in [1.54, 1.807) is 6.20 Å². The van der Waals surface area contributed by atoms with Gasteiger partial charge in [-0.3, -0.25) is 4.68 Å². The second-order valence-corrected chi connectivity index (χ2v) is 6.11. The fraction of sp³-hybridized carbons (Fsp3) is 0.250. The fourth-order valence-electron chi connectivity index (χ4n) is 1.85. The molecule has 1 heterocycles. The molecule has 0 aliphatic carbocycles. The number of nitrogens with zero attached hydrogens (tertiary/aromatic N) is 2. The van der Waals surface area contributed by atoms with Gasteiger partial charge in [-0.1, -0.05) is 43.5 Å². The van der Waals surface area contributed by atoms with Crippen LogP contribution in [0.15, 0.2) is 33.3 Å². The van der Waals surface area contributed by atoms with E-state index in [1.165, 1.54) is 0 Å². The van der Waals surface area contributed by atoms with Gasteiger partial charge >= 0.3 is 0 Å². The highest BCUT2D eigenvalue weighted by Gasteiger charge is 2.18. The van der Waals surface area contributed by atoms with Gasteiger partial charge in [-0.25, -0.2) is 0 Å². The van der Waals surface area contributed by atoms with Crippen LogP contribution in [-0.4, -0.2) is 9.78 Å². The Morgan fingerprint density at radius 3 is 2.50 bits per heavy atom. The number of aryl methyl sites for hydroxylation is 1. The zero-order valence-electron chi connectivity index (χ0n) is 9.70. The summed E-state index contributed by atoms with van der Waals surface area (Å²) in [6.45, 7) is 2.75. The summed E-state index contributed by atoms with van der Waals surface area (Å²) in [4.78, 5) is 0. The number of rotatable bonds is 3. The molecule has 3 nitrogen and oxygen atoms in total. The summed E-state index contributed by atoms with van der Waals surface area (Å²) in [6.07, 6.45) is 1.63. The first-order chi connectivity index (χ1) is 8.52. The largest absolute Gasteiger partial charge is 0.319 e. The normalized spacial score (nSPS) is 12.7. The van der Waals surface area contributed by atoms with Gasteiger partial charge in [0.25, 0.3) is 0 Å². The van der Waals surface area contributed by atoms with Gasteiger partial charge in [0.05, 0.1) is 23.0 Å². The Bertz CT molecular complexity index is 548. The van der Waals surface area contributed by atoms with Crippen molar-refractivity contribution in [3.05, 3.63) is 49.6 Å². The van der Waals surface area contributed by atoms with Crippen LogP contribution < -0.4 is 5.73 Å². The van der Waals surface area contributed by atoms with E-state index in [0.717, 1.165) is 26.7 Å². The zero-order valence-corrected chi connectivity index (χ0v) is 13.6. The number of benzene rings is 1. The number of hydrogen-bond donors (Lipinski definition) is 1. The average molecular weight is 394 g/mol. The topological polar surface area (TPSA) is 43.8 Å². The average Bonchev–Trinajstić information content (AvgIpc) is 2.68. The number of aromatic nitrogens is 2. The zero-order chi connectivity index (χ0) is 13.3. The number of nitrogens with two attached hydrogens (primary N) is 1. The van der Waals surface area contributed by atoms with Gasteiger partial charge < -0.3 is 5.73 Å². The summed E-state index contributed by atoms with van der Waals surface area (Å²) in [6, 6.07) is 5.64. The van der Waals surface area contributed by atoms with Crippen LogP contribution in [-0.2, 0) is 6.54 Å². The number of halogens is 3. The van der Waals surface area contributed by atoms with Gasteiger partial charge in [0, 0.05) is 15.5 Å². The first-order valence-corrected chi connectivity index (χ1v) is 7.42. The van der Waals surface area contributed by atoms with E-state index < -0.39 is 0 Å². The molecule has 96 valence electrons. The molecule has 0 bridgehead atoms. The third kappa shape index (κ3) is 2.79. The van der Waals surface area contributed by atoms with Crippen LogP contribution in [0.25, 0.3) is 0 Å². The summed E-state index contributed by atoms with van der Waals surface area (Å²) in [7, 11) is 0. The van der Waals surface area contributed by atoms with Crippen LogP contribution in [0.4, 0.5) is 0 Å². The minimum atomic E-state index is -0.297. The van der Waals surface area contributed by atoms with Crippen molar-refractivity contribution in [3.63, 3.8) is 0 Å². The lowest BCUT2D eigenvalue weighted by atomic mass is 10.0. The molecule has 0 aliphatic rings. The van der Waals surface area contributed by atoms with Crippen molar-refractivity contribution >= 4 is 43.5 Å². The van der Waals surface area contributed by atoms with Crippen molar-refractivity contribution in [2.75, 3.05) is 0 Å². The van der Waals surface area contributed by atoms with Crippen LogP contribution in [0.5, 0.6) is 0 Å². The Morgan fingerprint density at radius 1 is 1.33 bits per heavy atom. The molecule has 2 N–H and O–H groups in total. The second-order valence-electron chi connectivity index (χ2n) is 3.87. The van der Waals surface area contributed by atoms with E-state index in [1.807, 2.05) is 29.8 Å². The summed E-state index contributed by atoms with van der Waals surface area (Å²) < 4.78 is 3.77. The van der Waals surface area contributed by atoms with E-state index in [-0.39, 0.29) is 6.04 Å². The van der Waals surface area contributed by atoms with E-state index in [0.29, 0.717) is 5.02 Å². The van der Waals surface area contributed by atoms with Crippen molar-refractivity contribution in [2.45, 2.75) is 19.5 Å². The molecule has 6 heteroatoms. The van der Waals surface area contributed by atoms with Crippen LogP contribution in [0.1, 0.15) is 24.2 Å². The first-order valence-electron chi connectivity index (χ1n) is 5.45. The van der Waals surface area contributed by atoms with E-state index in [9.17, 15) is 0 Å². The molecule has 18 heavy (non-hydrogen) atoms. The van der Waals surface area contributed by atoms with Gasteiger partial charge in [-0.15, -0.1) is 0 Å². The highest BCUT2D eigenvalue weighted by atomic mass is 79.9. The Hall–Kier alpha value is -0.360. The molecule has 0 aliphatic heterocycles. The molecule has 2 rings (SSSR count). The van der Waals surface area contributed by atoms with Crippen molar-refractivity contribution in [3.8, 4) is 0 Å². The summed E-state index contributed by atoms with van der Waals surface area (Å²) >= 11 is 13.1. The van der Waals surface area contributed by atoms with Crippen molar-refractivity contribution in [2.24, 2.45) is 5.73 Å². The van der Waals surface area contributed by atoms with Crippen molar-refractivity contribution < 1.29 is 0 Å². The maximum atomic E-state index is 6.29. The highest BCUT2D eigenvalue weighted by Crippen LogP contribution is 2.30. The molecule has 1 aromatic heterocycles. The molecule has 0 fully saturated rings. The van der Waals surface area contributed by atoms with Gasteiger partial charge in [-0.2, -0.15) is 5.10 Å². The van der Waals surface area contributed by atoms with Gasteiger partial charge in [-0.05, 0) is 30.7 Å². The molecule has 0 spiro atoms.